The van der Waals surface area contributed by atoms with E-state index < -0.39 is 0 Å². The summed E-state index contributed by atoms with van der Waals surface area (Å²) < 4.78 is 2.52. The van der Waals surface area contributed by atoms with E-state index in [2.05, 4.69) is 45.0 Å². The standard InChI is InChI=1S/C18H22N6OS2/c1-4-13-5-7-14(8-6-13)20-17-22-23-18(27-17)26-11-16(25)21-15-9-10-19-24(15)12(2)3/h5-10,12H,4,11H2,1-3H3,(H,20,22)(H,21,25). The Hall–Kier alpha value is -2.39. The van der Waals surface area contributed by atoms with Gasteiger partial charge in [0.1, 0.15) is 5.82 Å². The first-order valence-electron chi connectivity index (χ1n) is 8.70. The van der Waals surface area contributed by atoms with Crippen LogP contribution in [0.4, 0.5) is 16.6 Å². The molecule has 3 rings (SSSR count). The van der Waals surface area contributed by atoms with Crippen LogP contribution in [0.3, 0.4) is 0 Å². The Morgan fingerprint density at radius 1 is 1.22 bits per heavy atom. The van der Waals surface area contributed by atoms with Crippen LogP contribution in [0.15, 0.2) is 40.9 Å². The third-order valence-corrected chi connectivity index (χ3v) is 5.75. The Labute approximate surface area is 166 Å². The molecule has 2 aromatic heterocycles. The maximum atomic E-state index is 12.2. The summed E-state index contributed by atoms with van der Waals surface area (Å²) in [6, 6.07) is 10.2. The Morgan fingerprint density at radius 3 is 2.70 bits per heavy atom. The van der Waals surface area contributed by atoms with Gasteiger partial charge in [-0.3, -0.25) is 4.79 Å². The highest BCUT2D eigenvalue weighted by atomic mass is 32.2. The van der Waals surface area contributed by atoms with Gasteiger partial charge >= 0.3 is 0 Å². The van der Waals surface area contributed by atoms with Crippen LogP contribution in [-0.2, 0) is 11.2 Å². The third kappa shape index (κ3) is 5.30. The highest BCUT2D eigenvalue weighted by Crippen LogP contribution is 2.28. The summed E-state index contributed by atoms with van der Waals surface area (Å²) >= 11 is 2.79. The van der Waals surface area contributed by atoms with Gasteiger partial charge in [0.2, 0.25) is 11.0 Å². The van der Waals surface area contributed by atoms with Crippen molar-refractivity contribution >= 4 is 45.6 Å². The van der Waals surface area contributed by atoms with Crippen LogP contribution in [-0.4, -0.2) is 31.6 Å². The minimum Gasteiger partial charge on any atom is -0.330 e. The average Bonchev–Trinajstić information content (AvgIpc) is 3.30. The lowest BCUT2D eigenvalue weighted by Crippen LogP contribution is -2.18. The number of thioether (sulfide) groups is 1. The highest BCUT2D eigenvalue weighted by Gasteiger charge is 2.12. The molecule has 0 aliphatic rings. The van der Waals surface area contributed by atoms with Crippen molar-refractivity contribution in [1.29, 1.82) is 0 Å². The van der Waals surface area contributed by atoms with E-state index in [0.29, 0.717) is 10.9 Å². The molecule has 7 nitrogen and oxygen atoms in total. The molecule has 1 amide bonds. The topological polar surface area (TPSA) is 84.7 Å². The van der Waals surface area contributed by atoms with Crippen LogP contribution in [0, 0.1) is 0 Å². The first kappa shape index (κ1) is 19.4. The molecule has 2 heterocycles. The van der Waals surface area contributed by atoms with Crippen LogP contribution in [0.1, 0.15) is 32.4 Å². The lowest BCUT2D eigenvalue weighted by molar-refractivity contribution is -0.113. The van der Waals surface area contributed by atoms with Gasteiger partial charge in [0.15, 0.2) is 4.34 Å². The normalized spacial score (nSPS) is 11.0. The Morgan fingerprint density at radius 2 is 2.00 bits per heavy atom. The number of anilines is 3. The van der Waals surface area contributed by atoms with Gasteiger partial charge in [-0.25, -0.2) is 4.68 Å². The zero-order chi connectivity index (χ0) is 19.2. The van der Waals surface area contributed by atoms with Crippen molar-refractivity contribution in [3.05, 3.63) is 42.1 Å². The molecular weight excluding hydrogens is 380 g/mol. The van der Waals surface area contributed by atoms with E-state index in [-0.39, 0.29) is 17.7 Å². The van der Waals surface area contributed by atoms with E-state index in [9.17, 15) is 4.79 Å². The monoisotopic (exact) mass is 402 g/mol. The van der Waals surface area contributed by atoms with Crippen molar-refractivity contribution < 1.29 is 4.79 Å². The first-order valence-corrected chi connectivity index (χ1v) is 10.5. The average molecular weight is 403 g/mol. The molecule has 0 saturated carbocycles. The second-order valence-electron chi connectivity index (χ2n) is 6.14. The molecule has 3 aromatic rings. The van der Waals surface area contributed by atoms with Gasteiger partial charge in [-0.2, -0.15) is 5.10 Å². The molecule has 0 radical (unpaired) electrons. The van der Waals surface area contributed by atoms with Gasteiger partial charge in [0.05, 0.1) is 11.9 Å². The van der Waals surface area contributed by atoms with E-state index in [0.717, 1.165) is 16.4 Å². The Balaban J connectivity index is 1.51. The molecule has 0 bridgehead atoms. The minimum absolute atomic E-state index is 0.0951. The number of nitrogens with zero attached hydrogens (tertiary/aromatic N) is 4. The van der Waals surface area contributed by atoms with Crippen molar-refractivity contribution in [2.24, 2.45) is 0 Å². The van der Waals surface area contributed by atoms with E-state index in [4.69, 9.17) is 0 Å². The molecule has 0 spiro atoms. The fourth-order valence-electron chi connectivity index (χ4n) is 2.40. The van der Waals surface area contributed by atoms with Crippen LogP contribution in [0.5, 0.6) is 0 Å². The van der Waals surface area contributed by atoms with Crippen LogP contribution in [0.2, 0.25) is 0 Å². The lowest BCUT2D eigenvalue weighted by Gasteiger charge is -2.11. The number of carbonyl (C=O) groups excluding carboxylic acids is 1. The van der Waals surface area contributed by atoms with E-state index in [1.165, 1.54) is 28.7 Å². The summed E-state index contributed by atoms with van der Waals surface area (Å²) in [5, 5.41) is 19.3. The maximum absolute atomic E-state index is 12.2. The highest BCUT2D eigenvalue weighted by molar-refractivity contribution is 8.01. The Kier molecular flexibility index (Phi) is 6.46. The summed E-state index contributed by atoms with van der Waals surface area (Å²) in [7, 11) is 0. The van der Waals surface area contributed by atoms with E-state index >= 15 is 0 Å². The van der Waals surface area contributed by atoms with Gasteiger partial charge < -0.3 is 10.6 Å². The molecule has 0 aliphatic carbocycles. The molecule has 9 heteroatoms. The molecule has 0 fully saturated rings. The van der Waals surface area contributed by atoms with Gasteiger partial charge in [-0.05, 0) is 38.0 Å². The number of amides is 1. The predicted molar refractivity (Wildman–Crippen MR) is 111 cm³/mol. The predicted octanol–water partition coefficient (Wildman–Crippen LogP) is 4.35. The number of benzene rings is 1. The molecular formula is C18H22N6OS2. The van der Waals surface area contributed by atoms with Crippen LogP contribution >= 0.6 is 23.1 Å². The number of hydrogen-bond donors (Lipinski definition) is 2. The van der Waals surface area contributed by atoms with Gasteiger partial charge in [-0.15, -0.1) is 10.2 Å². The molecule has 1 aromatic carbocycles. The van der Waals surface area contributed by atoms with Gasteiger partial charge in [-0.1, -0.05) is 42.2 Å². The molecule has 142 valence electrons. The molecule has 0 aliphatic heterocycles. The summed E-state index contributed by atoms with van der Waals surface area (Å²) in [6.07, 6.45) is 2.69. The lowest BCUT2D eigenvalue weighted by atomic mass is 10.1. The first-order chi connectivity index (χ1) is 13.0. The number of hydrogen-bond acceptors (Lipinski definition) is 7. The number of aromatic nitrogens is 4. The third-order valence-electron chi connectivity index (χ3n) is 3.77. The van der Waals surface area contributed by atoms with Crippen LogP contribution in [0.25, 0.3) is 0 Å². The fraction of sp³-hybridized carbons (Fsp3) is 0.333. The second kappa shape index (κ2) is 9.01. The molecule has 2 N–H and O–H groups in total. The SMILES string of the molecule is CCc1ccc(Nc2nnc(SCC(=O)Nc3ccnn3C(C)C)s2)cc1. The van der Waals surface area contributed by atoms with E-state index in [1.54, 1.807) is 16.9 Å². The van der Waals surface area contributed by atoms with Crippen molar-refractivity contribution in [1.82, 2.24) is 20.0 Å². The largest absolute Gasteiger partial charge is 0.330 e. The summed E-state index contributed by atoms with van der Waals surface area (Å²) in [5.74, 6) is 0.872. The molecule has 0 saturated heterocycles. The van der Waals surface area contributed by atoms with Crippen molar-refractivity contribution in [3.63, 3.8) is 0 Å². The van der Waals surface area contributed by atoms with E-state index in [1.807, 2.05) is 26.0 Å². The molecule has 0 atom stereocenters. The number of aryl methyl sites for hydroxylation is 1. The number of nitrogens with one attached hydrogen (secondary N) is 2. The zero-order valence-electron chi connectivity index (χ0n) is 15.5. The van der Waals surface area contributed by atoms with Gasteiger partial charge in [0.25, 0.3) is 0 Å². The number of rotatable bonds is 8. The van der Waals surface area contributed by atoms with Crippen molar-refractivity contribution in [3.8, 4) is 0 Å². The minimum atomic E-state index is -0.0951. The summed E-state index contributed by atoms with van der Waals surface area (Å²) in [5.41, 5.74) is 2.26. The molecule has 27 heavy (non-hydrogen) atoms. The fourth-order valence-corrected chi connectivity index (χ4v) is 3.97. The summed E-state index contributed by atoms with van der Waals surface area (Å²) in [4.78, 5) is 12.2. The number of carbonyl (C=O) groups is 1. The van der Waals surface area contributed by atoms with Crippen molar-refractivity contribution in [2.75, 3.05) is 16.4 Å². The van der Waals surface area contributed by atoms with Gasteiger partial charge in [0, 0.05) is 17.8 Å². The summed E-state index contributed by atoms with van der Waals surface area (Å²) in [6.45, 7) is 6.16. The Bertz CT molecular complexity index is 887. The smallest absolute Gasteiger partial charge is 0.235 e. The van der Waals surface area contributed by atoms with Crippen molar-refractivity contribution in [2.45, 2.75) is 37.6 Å². The second-order valence-corrected chi connectivity index (χ2v) is 8.34. The van der Waals surface area contributed by atoms with Crippen LogP contribution < -0.4 is 10.6 Å². The quantitative estimate of drug-likeness (QED) is 0.545. The zero-order valence-corrected chi connectivity index (χ0v) is 17.1. The molecule has 0 unspecified atom stereocenters. The maximum Gasteiger partial charge on any atom is 0.235 e.